The van der Waals surface area contributed by atoms with Crippen LogP contribution in [0.2, 0.25) is 0 Å². The highest BCUT2D eigenvalue weighted by atomic mass is 79.9. The molecule has 0 heterocycles. The molecule has 0 N–H and O–H groups in total. The van der Waals surface area contributed by atoms with Gasteiger partial charge in [0.2, 0.25) is 0 Å². The van der Waals surface area contributed by atoms with E-state index in [0.29, 0.717) is 0 Å². The molecule has 0 unspecified atom stereocenters. The molecule has 1 aromatic rings. The van der Waals surface area contributed by atoms with Crippen molar-refractivity contribution in [1.82, 2.24) is 0 Å². The second-order valence-corrected chi connectivity index (χ2v) is 3.35. The van der Waals surface area contributed by atoms with Crippen LogP contribution in [-0.4, -0.2) is 7.11 Å². The zero-order valence-corrected chi connectivity index (χ0v) is 8.26. The van der Waals surface area contributed by atoms with Crippen molar-refractivity contribution in [1.29, 1.82) is 0 Å². The van der Waals surface area contributed by atoms with Gasteiger partial charge in [0.25, 0.3) is 0 Å². The van der Waals surface area contributed by atoms with Crippen molar-refractivity contribution in [2.24, 2.45) is 0 Å². The van der Waals surface area contributed by atoms with Gasteiger partial charge in [0.05, 0.1) is 6.10 Å². The van der Waals surface area contributed by atoms with E-state index in [1.54, 1.807) is 7.11 Å². The average Bonchev–Trinajstić information content (AvgIpc) is 2.03. The van der Waals surface area contributed by atoms with Crippen LogP contribution in [0.3, 0.4) is 0 Å². The van der Waals surface area contributed by atoms with E-state index in [-0.39, 0.29) is 6.10 Å². The molecular formula is C9H11BrO. The van der Waals surface area contributed by atoms with Crippen molar-refractivity contribution in [3.05, 3.63) is 34.3 Å². The maximum absolute atomic E-state index is 5.17. The SMILES string of the molecule is CO[C@H](C)c1cccc(Br)c1. The summed E-state index contributed by atoms with van der Waals surface area (Å²) in [5.74, 6) is 0. The Labute approximate surface area is 75.5 Å². The van der Waals surface area contributed by atoms with E-state index in [1.807, 2.05) is 19.1 Å². The Balaban J connectivity index is 2.86. The second kappa shape index (κ2) is 3.88. The van der Waals surface area contributed by atoms with Gasteiger partial charge in [0.15, 0.2) is 0 Å². The van der Waals surface area contributed by atoms with Crippen molar-refractivity contribution < 1.29 is 4.74 Å². The first kappa shape index (κ1) is 8.75. The standard InChI is InChI=1S/C9H11BrO/c1-7(11-2)8-4-3-5-9(10)6-8/h3-7H,1-2H3/t7-/m1/s1. The third-order valence-corrected chi connectivity index (χ3v) is 2.16. The molecule has 1 nitrogen and oxygen atoms in total. The molecule has 11 heavy (non-hydrogen) atoms. The first-order valence-corrected chi connectivity index (χ1v) is 4.31. The molecule has 0 aliphatic rings. The Morgan fingerprint density at radius 1 is 1.45 bits per heavy atom. The monoisotopic (exact) mass is 214 g/mol. The highest BCUT2D eigenvalue weighted by Crippen LogP contribution is 2.19. The third-order valence-electron chi connectivity index (χ3n) is 1.67. The van der Waals surface area contributed by atoms with Gasteiger partial charge in [0.1, 0.15) is 0 Å². The fourth-order valence-corrected chi connectivity index (χ4v) is 1.31. The highest BCUT2D eigenvalue weighted by Gasteiger charge is 2.01. The lowest BCUT2D eigenvalue weighted by atomic mass is 10.1. The Kier molecular flexibility index (Phi) is 3.09. The van der Waals surface area contributed by atoms with Crippen LogP contribution in [0.1, 0.15) is 18.6 Å². The quantitative estimate of drug-likeness (QED) is 0.736. The summed E-state index contributed by atoms with van der Waals surface area (Å²) in [6.07, 6.45) is 0.174. The second-order valence-electron chi connectivity index (χ2n) is 2.43. The van der Waals surface area contributed by atoms with Crippen LogP contribution in [0, 0.1) is 0 Å². The Hall–Kier alpha value is -0.340. The summed E-state index contributed by atoms with van der Waals surface area (Å²) in [6, 6.07) is 8.13. The predicted octanol–water partition coefficient (Wildman–Crippen LogP) is 3.16. The molecule has 0 radical (unpaired) electrons. The third kappa shape index (κ3) is 2.31. The molecule has 0 saturated carbocycles. The van der Waals surface area contributed by atoms with E-state index >= 15 is 0 Å². The van der Waals surface area contributed by atoms with Gasteiger partial charge in [0, 0.05) is 11.6 Å². The van der Waals surface area contributed by atoms with E-state index in [2.05, 4.69) is 28.1 Å². The molecule has 0 amide bonds. The summed E-state index contributed by atoms with van der Waals surface area (Å²) >= 11 is 3.40. The van der Waals surface area contributed by atoms with E-state index in [4.69, 9.17) is 4.74 Å². The lowest BCUT2D eigenvalue weighted by Crippen LogP contribution is -1.94. The fraction of sp³-hybridized carbons (Fsp3) is 0.333. The zero-order valence-electron chi connectivity index (χ0n) is 6.67. The van der Waals surface area contributed by atoms with Gasteiger partial charge in [-0.15, -0.1) is 0 Å². The largest absolute Gasteiger partial charge is 0.377 e. The van der Waals surface area contributed by atoms with Crippen LogP contribution in [0.4, 0.5) is 0 Å². The summed E-state index contributed by atoms with van der Waals surface area (Å²) in [6.45, 7) is 2.03. The summed E-state index contributed by atoms with van der Waals surface area (Å²) in [7, 11) is 1.71. The fourth-order valence-electron chi connectivity index (χ4n) is 0.896. The average molecular weight is 215 g/mol. The Morgan fingerprint density at radius 3 is 2.73 bits per heavy atom. The lowest BCUT2D eigenvalue weighted by Gasteiger charge is -2.09. The zero-order chi connectivity index (χ0) is 8.27. The summed E-state index contributed by atoms with van der Waals surface area (Å²) in [4.78, 5) is 0. The molecule has 0 fully saturated rings. The summed E-state index contributed by atoms with van der Waals surface area (Å²) in [5, 5.41) is 0. The van der Waals surface area contributed by atoms with Gasteiger partial charge in [-0.1, -0.05) is 28.1 Å². The normalized spacial score (nSPS) is 13.0. The van der Waals surface area contributed by atoms with Gasteiger partial charge in [-0.25, -0.2) is 0 Å². The molecule has 1 atom stereocenters. The molecule has 60 valence electrons. The number of ether oxygens (including phenoxy) is 1. The summed E-state index contributed by atoms with van der Waals surface area (Å²) in [5.41, 5.74) is 1.20. The van der Waals surface area contributed by atoms with E-state index in [0.717, 1.165) is 4.47 Å². The molecule has 0 aliphatic heterocycles. The van der Waals surface area contributed by atoms with Gasteiger partial charge in [-0.05, 0) is 24.6 Å². The first-order valence-electron chi connectivity index (χ1n) is 3.52. The van der Waals surface area contributed by atoms with Gasteiger partial charge in [-0.3, -0.25) is 0 Å². The van der Waals surface area contributed by atoms with E-state index in [1.165, 1.54) is 5.56 Å². The minimum absolute atomic E-state index is 0.174. The maximum Gasteiger partial charge on any atom is 0.0793 e. The van der Waals surface area contributed by atoms with Crippen LogP contribution in [0.15, 0.2) is 28.7 Å². The molecule has 0 bridgehead atoms. The smallest absolute Gasteiger partial charge is 0.0793 e. The van der Waals surface area contributed by atoms with Crippen LogP contribution < -0.4 is 0 Å². The van der Waals surface area contributed by atoms with Crippen molar-refractivity contribution in [2.45, 2.75) is 13.0 Å². The summed E-state index contributed by atoms with van der Waals surface area (Å²) < 4.78 is 6.27. The molecule has 1 aromatic carbocycles. The van der Waals surface area contributed by atoms with Gasteiger partial charge in [-0.2, -0.15) is 0 Å². The van der Waals surface area contributed by atoms with E-state index in [9.17, 15) is 0 Å². The minimum atomic E-state index is 0.174. The molecular weight excluding hydrogens is 204 g/mol. The minimum Gasteiger partial charge on any atom is -0.377 e. The van der Waals surface area contributed by atoms with Crippen LogP contribution in [-0.2, 0) is 4.74 Å². The Morgan fingerprint density at radius 2 is 2.18 bits per heavy atom. The molecule has 0 aliphatic carbocycles. The molecule has 0 saturated heterocycles. The number of halogens is 1. The number of hydrogen-bond acceptors (Lipinski definition) is 1. The van der Waals surface area contributed by atoms with E-state index < -0.39 is 0 Å². The number of methoxy groups -OCH3 is 1. The number of rotatable bonds is 2. The van der Waals surface area contributed by atoms with Crippen LogP contribution in [0.5, 0.6) is 0 Å². The lowest BCUT2D eigenvalue weighted by molar-refractivity contribution is 0.119. The molecule has 0 aromatic heterocycles. The molecule has 1 rings (SSSR count). The maximum atomic E-state index is 5.17. The van der Waals surface area contributed by atoms with Gasteiger partial charge >= 0.3 is 0 Å². The highest BCUT2D eigenvalue weighted by molar-refractivity contribution is 9.10. The van der Waals surface area contributed by atoms with Gasteiger partial charge < -0.3 is 4.74 Å². The number of benzene rings is 1. The number of hydrogen-bond donors (Lipinski definition) is 0. The van der Waals surface area contributed by atoms with Crippen molar-refractivity contribution in [3.63, 3.8) is 0 Å². The van der Waals surface area contributed by atoms with Crippen molar-refractivity contribution in [2.75, 3.05) is 7.11 Å². The van der Waals surface area contributed by atoms with Crippen molar-refractivity contribution >= 4 is 15.9 Å². The Bertz CT molecular complexity index is 235. The van der Waals surface area contributed by atoms with Crippen molar-refractivity contribution in [3.8, 4) is 0 Å². The first-order chi connectivity index (χ1) is 5.24. The van der Waals surface area contributed by atoms with Crippen LogP contribution >= 0.6 is 15.9 Å². The van der Waals surface area contributed by atoms with Crippen LogP contribution in [0.25, 0.3) is 0 Å². The molecule has 0 spiro atoms. The topological polar surface area (TPSA) is 9.23 Å². The molecule has 2 heteroatoms. The predicted molar refractivity (Wildman–Crippen MR) is 49.6 cm³/mol.